The second-order valence-electron chi connectivity index (χ2n) is 8.02. The Morgan fingerprint density at radius 1 is 1.18 bits per heavy atom. The highest BCUT2D eigenvalue weighted by Gasteiger charge is 2.25. The lowest BCUT2D eigenvalue weighted by Gasteiger charge is -2.21. The van der Waals surface area contributed by atoms with Crippen LogP contribution in [0.5, 0.6) is 11.5 Å². The van der Waals surface area contributed by atoms with Crippen LogP contribution >= 0.6 is 11.3 Å². The van der Waals surface area contributed by atoms with Gasteiger partial charge in [0.15, 0.2) is 0 Å². The molecule has 0 aliphatic carbocycles. The van der Waals surface area contributed by atoms with Gasteiger partial charge in [-0.05, 0) is 17.5 Å². The van der Waals surface area contributed by atoms with Crippen molar-refractivity contribution in [2.75, 3.05) is 26.8 Å². The van der Waals surface area contributed by atoms with Gasteiger partial charge in [-0.1, -0.05) is 36.9 Å². The van der Waals surface area contributed by atoms with E-state index in [1.165, 1.54) is 13.2 Å². The molecule has 0 spiro atoms. The minimum Gasteiger partial charge on any atom is -0.496 e. The van der Waals surface area contributed by atoms with Gasteiger partial charge in [0.1, 0.15) is 23.7 Å². The summed E-state index contributed by atoms with van der Waals surface area (Å²) >= 11 is 1.59. The van der Waals surface area contributed by atoms with Crippen LogP contribution in [-0.2, 0) is 26.1 Å². The number of benzene rings is 1. The first-order valence-corrected chi connectivity index (χ1v) is 12.1. The lowest BCUT2D eigenvalue weighted by Crippen LogP contribution is -2.31. The number of pyridine rings is 1. The highest BCUT2D eigenvalue weighted by Crippen LogP contribution is 2.25. The molecule has 0 unspecified atom stereocenters. The summed E-state index contributed by atoms with van der Waals surface area (Å²) in [5, 5.41) is 4.96. The van der Waals surface area contributed by atoms with E-state index in [9.17, 15) is 9.59 Å². The molecule has 1 amide bonds. The number of methoxy groups -OCH3 is 1. The Balaban J connectivity index is 1.55. The number of nitrogens with zero attached hydrogens (tertiary/aromatic N) is 2. The lowest BCUT2D eigenvalue weighted by atomic mass is 10.1. The van der Waals surface area contributed by atoms with E-state index >= 15 is 0 Å². The van der Waals surface area contributed by atoms with Crippen molar-refractivity contribution in [3.05, 3.63) is 92.6 Å². The maximum atomic E-state index is 13.2. The van der Waals surface area contributed by atoms with Crippen LogP contribution in [0.2, 0.25) is 0 Å². The van der Waals surface area contributed by atoms with Crippen LogP contribution < -0.4 is 20.3 Å². The predicted octanol–water partition coefficient (Wildman–Crippen LogP) is 3.47. The average Bonchev–Trinajstić information content (AvgIpc) is 3.29. The lowest BCUT2D eigenvalue weighted by molar-refractivity contribution is 0.0946. The van der Waals surface area contributed by atoms with Crippen molar-refractivity contribution in [1.82, 2.24) is 14.8 Å². The van der Waals surface area contributed by atoms with Gasteiger partial charge in [-0.3, -0.25) is 14.5 Å². The Labute approximate surface area is 203 Å². The molecule has 0 radical (unpaired) electrons. The first kappa shape index (κ1) is 23.8. The molecule has 4 rings (SSSR count). The first-order chi connectivity index (χ1) is 16.6. The number of para-hydroxylation sites is 1. The van der Waals surface area contributed by atoms with Crippen LogP contribution in [0.25, 0.3) is 0 Å². The van der Waals surface area contributed by atoms with Gasteiger partial charge >= 0.3 is 0 Å². The van der Waals surface area contributed by atoms with E-state index in [2.05, 4.69) is 22.9 Å². The van der Waals surface area contributed by atoms with Crippen molar-refractivity contribution in [1.29, 1.82) is 0 Å². The van der Waals surface area contributed by atoms with Crippen LogP contribution in [-0.4, -0.2) is 42.2 Å². The van der Waals surface area contributed by atoms with Gasteiger partial charge in [-0.2, -0.15) is 0 Å². The first-order valence-electron chi connectivity index (χ1n) is 11.3. The van der Waals surface area contributed by atoms with Gasteiger partial charge in [0, 0.05) is 54.8 Å². The summed E-state index contributed by atoms with van der Waals surface area (Å²) in [6, 6.07) is 13.3. The summed E-state index contributed by atoms with van der Waals surface area (Å²) in [6.07, 6.45) is 2.29. The summed E-state index contributed by atoms with van der Waals surface area (Å²) in [5.41, 5.74) is 2.08. The molecule has 3 aromatic rings. The number of rotatable bonds is 9. The molecule has 1 aliphatic rings. The van der Waals surface area contributed by atoms with Crippen LogP contribution in [0.4, 0.5) is 0 Å². The number of hydrogen-bond donors (Lipinski definition) is 1. The SMILES string of the molecule is C=CCOc1ccccc1CN1CCc2c(C(=O)NCc3cccs3)c(OC)cc(=O)n2CC1. The van der Waals surface area contributed by atoms with E-state index in [-0.39, 0.29) is 11.5 Å². The quantitative estimate of drug-likeness (QED) is 0.476. The van der Waals surface area contributed by atoms with Crippen LogP contribution in [0.1, 0.15) is 26.5 Å². The zero-order chi connectivity index (χ0) is 23.9. The highest BCUT2D eigenvalue weighted by atomic mass is 32.1. The minimum atomic E-state index is -0.231. The van der Waals surface area contributed by atoms with Gasteiger partial charge in [0.2, 0.25) is 0 Å². The number of fused-ring (bicyclic) bond motifs is 1. The Bertz CT molecular complexity index is 1200. The number of carbonyl (C=O) groups excluding carboxylic acids is 1. The topological polar surface area (TPSA) is 72.8 Å². The Kier molecular flexibility index (Phi) is 7.82. The van der Waals surface area contributed by atoms with Gasteiger partial charge in [0.25, 0.3) is 11.5 Å². The monoisotopic (exact) mass is 479 g/mol. The number of thiophene rings is 1. The molecule has 1 aliphatic heterocycles. The smallest absolute Gasteiger partial charge is 0.257 e. The molecule has 34 heavy (non-hydrogen) atoms. The van der Waals surface area contributed by atoms with Gasteiger partial charge < -0.3 is 19.4 Å². The van der Waals surface area contributed by atoms with E-state index in [0.29, 0.717) is 62.8 Å². The van der Waals surface area contributed by atoms with E-state index in [1.807, 2.05) is 35.7 Å². The zero-order valence-electron chi connectivity index (χ0n) is 19.3. The third-order valence-corrected chi connectivity index (χ3v) is 6.74. The fraction of sp³-hybridized carbons (Fsp3) is 0.308. The van der Waals surface area contributed by atoms with E-state index < -0.39 is 0 Å². The number of ether oxygens (including phenoxy) is 2. The van der Waals surface area contributed by atoms with Crippen molar-refractivity contribution in [2.45, 2.75) is 26.1 Å². The summed E-state index contributed by atoms with van der Waals surface area (Å²) in [4.78, 5) is 29.4. The van der Waals surface area contributed by atoms with Gasteiger partial charge in [-0.25, -0.2) is 0 Å². The minimum absolute atomic E-state index is 0.154. The van der Waals surface area contributed by atoms with Crippen molar-refractivity contribution >= 4 is 17.2 Å². The number of hydrogen-bond acceptors (Lipinski definition) is 6. The van der Waals surface area contributed by atoms with Crippen molar-refractivity contribution < 1.29 is 14.3 Å². The molecule has 178 valence electrons. The number of nitrogens with one attached hydrogen (secondary N) is 1. The van der Waals surface area contributed by atoms with E-state index in [4.69, 9.17) is 9.47 Å². The molecule has 2 aromatic heterocycles. The van der Waals surface area contributed by atoms with E-state index in [0.717, 1.165) is 16.2 Å². The Hall–Kier alpha value is -3.36. The molecular weight excluding hydrogens is 450 g/mol. The zero-order valence-corrected chi connectivity index (χ0v) is 20.1. The normalized spacial score (nSPS) is 13.6. The fourth-order valence-corrected chi connectivity index (χ4v) is 4.84. The Morgan fingerprint density at radius 3 is 2.79 bits per heavy atom. The number of aromatic nitrogens is 1. The summed E-state index contributed by atoms with van der Waals surface area (Å²) in [7, 11) is 1.49. The molecule has 0 fully saturated rings. The molecule has 0 bridgehead atoms. The van der Waals surface area contributed by atoms with Crippen LogP contribution in [0.15, 0.2) is 65.3 Å². The summed E-state index contributed by atoms with van der Waals surface area (Å²) in [5.74, 6) is 0.916. The molecule has 0 saturated carbocycles. The van der Waals surface area contributed by atoms with Gasteiger partial charge in [0.05, 0.1) is 13.7 Å². The number of amides is 1. The third-order valence-electron chi connectivity index (χ3n) is 5.86. The van der Waals surface area contributed by atoms with E-state index in [1.54, 1.807) is 22.0 Å². The second kappa shape index (κ2) is 11.2. The molecule has 0 atom stereocenters. The van der Waals surface area contributed by atoms with Crippen molar-refractivity contribution in [3.8, 4) is 11.5 Å². The molecule has 8 heteroatoms. The fourth-order valence-electron chi connectivity index (χ4n) is 4.19. The predicted molar refractivity (Wildman–Crippen MR) is 134 cm³/mol. The molecule has 7 nitrogen and oxygen atoms in total. The average molecular weight is 480 g/mol. The second-order valence-corrected chi connectivity index (χ2v) is 9.05. The van der Waals surface area contributed by atoms with Crippen molar-refractivity contribution in [2.24, 2.45) is 0 Å². The summed E-state index contributed by atoms with van der Waals surface area (Å²) < 4.78 is 13.0. The maximum Gasteiger partial charge on any atom is 0.257 e. The standard InChI is InChI=1S/C26H29N3O4S/c1-3-14-33-22-9-5-4-7-19(22)18-28-11-10-21-25(26(31)27-17-20-8-6-15-34-20)23(32-2)16-24(30)29(21)13-12-28/h3-9,15-16H,1,10-14,17-18H2,2H3,(H,27,31). The molecule has 0 saturated heterocycles. The third kappa shape index (κ3) is 5.40. The Morgan fingerprint density at radius 2 is 2.03 bits per heavy atom. The maximum absolute atomic E-state index is 13.2. The molecular formula is C26H29N3O4S. The molecule has 1 aromatic carbocycles. The van der Waals surface area contributed by atoms with Crippen LogP contribution in [0, 0.1) is 0 Å². The highest BCUT2D eigenvalue weighted by molar-refractivity contribution is 7.09. The molecule has 1 N–H and O–H groups in total. The number of carbonyl (C=O) groups is 1. The van der Waals surface area contributed by atoms with Gasteiger partial charge in [-0.15, -0.1) is 11.3 Å². The van der Waals surface area contributed by atoms with Crippen molar-refractivity contribution in [3.63, 3.8) is 0 Å². The van der Waals surface area contributed by atoms with Crippen LogP contribution in [0.3, 0.4) is 0 Å². The largest absolute Gasteiger partial charge is 0.496 e. The summed E-state index contributed by atoms with van der Waals surface area (Å²) in [6.45, 7) is 7.18. The molecule has 3 heterocycles.